The molecule has 0 fully saturated rings. The number of hydrogen-bond acceptors (Lipinski definition) is 6. The lowest BCUT2D eigenvalue weighted by molar-refractivity contribution is 0.102. The molecule has 0 unspecified atom stereocenters. The van der Waals surface area contributed by atoms with Crippen molar-refractivity contribution in [1.29, 1.82) is 0 Å². The SMILES string of the molecule is COc1ccc(Cn2ncc3cc(C(=O)Nc4ccc(-n5cccn5)c(F)c4)cnc32)c(OC)c1. The molecular weight excluding hydrogens is 451 g/mol. The normalized spacial score (nSPS) is 10.9. The first-order chi connectivity index (χ1) is 17.1. The number of halogens is 1. The van der Waals surface area contributed by atoms with Crippen molar-refractivity contribution in [3.05, 3.63) is 90.3 Å². The summed E-state index contributed by atoms with van der Waals surface area (Å²) in [5.41, 5.74) is 2.47. The van der Waals surface area contributed by atoms with Crippen molar-refractivity contribution in [2.75, 3.05) is 19.5 Å². The van der Waals surface area contributed by atoms with Crippen molar-refractivity contribution in [1.82, 2.24) is 24.5 Å². The Balaban J connectivity index is 1.34. The molecule has 1 N–H and O–H groups in total. The highest BCUT2D eigenvalue weighted by Crippen LogP contribution is 2.26. The van der Waals surface area contributed by atoms with Crippen LogP contribution in [0, 0.1) is 5.82 Å². The van der Waals surface area contributed by atoms with Crippen LogP contribution in [0.15, 0.2) is 73.3 Å². The summed E-state index contributed by atoms with van der Waals surface area (Å²) in [5, 5.41) is 11.8. The van der Waals surface area contributed by atoms with E-state index in [0.29, 0.717) is 40.3 Å². The Morgan fingerprint density at radius 3 is 2.69 bits per heavy atom. The Labute approximate surface area is 199 Å². The maximum absolute atomic E-state index is 14.5. The third kappa shape index (κ3) is 4.41. The lowest BCUT2D eigenvalue weighted by Crippen LogP contribution is -2.13. The summed E-state index contributed by atoms with van der Waals surface area (Å²) in [4.78, 5) is 17.2. The first-order valence-electron chi connectivity index (χ1n) is 10.7. The molecule has 9 nitrogen and oxygen atoms in total. The van der Waals surface area contributed by atoms with Crippen molar-refractivity contribution in [3.8, 4) is 17.2 Å². The van der Waals surface area contributed by atoms with Crippen LogP contribution in [0.5, 0.6) is 11.5 Å². The molecule has 5 rings (SSSR count). The molecule has 0 spiro atoms. The highest BCUT2D eigenvalue weighted by molar-refractivity contribution is 6.05. The van der Waals surface area contributed by atoms with Gasteiger partial charge in [0.2, 0.25) is 0 Å². The predicted octanol–water partition coefficient (Wildman–Crippen LogP) is 4.07. The number of pyridine rings is 1. The lowest BCUT2D eigenvalue weighted by Gasteiger charge is -2.11. The number of carbonyl (C=O) groups is 1. The summed E-state index contributed by atoms with van der Waals surface area (Å²) < 4.78 is 28.4. The van der Waals surface area contributed by atoms with Gasteiger partial charge in [-0.1, -0.05) is 0 Å². The third-order valence-corrected chi connectivity index (χ3v) is 5.51. The van der Waals surface area contributed by atoms with Gasteiger partial charge in [-0.15, -0.1) is 0 Å². The fourth-order valence-corrected chi connectivity index (χ4v) is 3.74. The minimum absolute atomic E-state index is 0.289. The fraction of sp³-hybridized carbons (Fsp3) is 0.120. The summed E-state index contributed by atoms with van der Waals surface area (Å²) >= 11 is 0. The molecule has 0 bridgehead atoms. The van der Waals surface area contributed by atoms with Crippen LogP contribution >= 0.6 is 0 Å². The van der Waals surface area contributed by atoms with Gasteiger partial charge in [0.15, 0.2) is 11.5 Å². The second kappa shape index (κ2) is 9.26. The van der Waals surface area contributed by atoms with Gasteiger partial charge < -0.3 is 14.8 Å². The van der Waals surface area contributed by atoms with Crippen LogP contribution in [0.4, 0.5) is 10.1 Å². The smallest absolute Gasteiger partial charge is 0.257 e. The third-order valence-electron chi connectivity index (χ3n) is 5.51. The number of rotatable bonds is 7. The molecular formula is C25H21FN6O3. The molecule has 3 aromatic heterocycles. The van der Waals surface area contributed by atoms with E-state index in [2.05, 4.69) is 20.5 Å². The van der Waals surface area contributed by atoms with Crippen LogP contribution in [-0.4, -0.2) is 44.7 Å². The standard InChI is InChI=1S/C25H21FN6O3/c1-34-20-6-4-16(23(12-20)35-2)15-32-24-17(14-29-32)10-18(13-27-24)25(33)30-19-5-7-22(21(26)11-19)31-9-3-8-28-31/h3-14H,15H2,1-2H3,(H,30,33). The molecule has 1 amide bonds. The second-order valence-corrected chi connectivity index (χ2v) is 7.69. The summed E-state index contributed by atoms with van der Waals surface area (Å²) in [6, 6.07) is 13.4. The van der Waals surface area contributed by atoms with Crippen LogP contribution in [0.2, 0.25) is 0 Å². The van der Waals surface area contributed by atoms with Crippen LogP contribution in [-0.2, 0) is 6.54 Å². The Morgan fingerprint density at radius 1 is 1.06 bits per heavy atom. The Hall–Kier alpha value is -4.73. The number of fused-ring (bicyclic) bond motifs is 1. The van der Waals surface area contributed by atoms with E-state index in [4.69, 9.17) is 9.47 Å². The average Bonchev–Trinajstić information content (AvgIpc) is 3.54. The van der Waals surface area contributed by atoms with Gasteiger partial charge in [-0.2, -0.15) is 10.2 Å². The van der Waals surface area contributed by atoms with E-state index in [0.717, 1.165) is 5.56 Å². The van der Waals surface area contributed by atoms with Crippen LogP contribution in [0.1, 0.15) is 15.9 Å². The van der Waals surface area contributed by atoms with E-state index in [1.807, 2.05) is 12.1 Å². The molecule has 0 saturated carbocycles. The number of ether oxygens (including phenoxy) is 2. The van der Waals surface area contributed by atoms with E-state index in [1.54, 1.807) is 67.8 Å². The molecule has 5 aromatic rings. The molecule has 0 atom stereocenters. The van der Waals surface area contributed by atoms with Gasteiger partial charge in [-0.25, -0.2) is 18.7 Å². The molecule has 10 heteroatoms. The van der Waals surface area contributed by atoms with Gasteiger partial charge in [0, 0.05) is 41.3 Å². The Kier molecular flexibility index (Phi) is 5.84. The van der Waals surface area contributed by atoms with E-state index in [9.17, 15) is 9.18 Å². The van der Waals surface area contributed by atoms with E-state index in [1.165, 1.54) is 16.9 Å². The Bertz CT molecular complexity index is 1510. The van der Waals surface area contributed by atoms with Crippen LogP contribution in [0.25, 0.3) is 16.7 Å². The molecule has 3 heterocycles. The maximum atomic E-state index is 14.5. The van der Waals surface area contributed by atoms with Crippen molar-refractivity contribution in [2.24, 2.45) is 0 Å². The fourth-order valence-electron chi connectivity index (χ4n) is 3.74. The zero-order valence-electron chi connectivity index (χ0n) is 19.0. The monoisotopic (exact) mass is 472 g/mol. The van der Waals surface area contributed by atoms with E-state index < -0.39 is 11.7 Å². The second-order valence-electron chi connectivity index (χ2n) is 7.69. The van der Waals surface area contributed by atoms with E-state index >= 15 is 0 Å². The van der Waals surface area contributed by atoms with Gasteiger partial charge in [0.1, 0.15) is 17.2 Å². The maximum Gasteiger partial charge on any atom is 0.257 e. The van der Waals surface area contributed by atoms with Gasteiger partial charge >= 0.3 is 0 Å². The number of methoxy groups -OCH3 is 2. The van der Waals surface area contributed by atoms with Crippen LogP contribution < -0.4 is 14.8 Å². The summed E-state index contributed by atoms with van der Waals surface area (Å²) in [7, 11) is 3.19. The lowest BCUT2D eigenvalue weighted by atomic mass is 10.2. The zero-order chi connectivity index (χ0) is 24.4. The summed E-state index contributed by atoms with van der Waals surface area (Å²) in [6.07, 6.45) is 6.32. The molecule has 176 valence electrons. The minimum atomic E-state index is -0.504. The molecule has 0 saturated heterocycles. The Morgan fingerprint density at radius 2 is 1.94 bits per heavy atom. The number of benzene rings is 2. The topological polar surface area (TPSA) is 96.1 Å². The molecule has 0 aliphatic carbocycles. The number of carbonyl (C=O) groups excluding carboxylic acids is 1. The quantitative estimate of drug-likeness (QED) is 0.384. The number of anilines is 1. The van der Waals surface area contributed by atoms with Gasteiger partial charge in [-0.3, -0.25) is 4.79 Å². The molecule has 0 aliphatic rings. The van der Waals surface area contributed by atoms with Crippen molar-refractivity contribution < 1.29 is 18.7 Å². The first-order valence-corrected chi connectivity index (χ1v) is 10.7. The van der Waals surface area contributed by atoms with Crippen LogP contribution in [0.3, 0.4) is 0 Å². The number of nitrogens with zero attached hydrogens (tertiary/aromatic N) is 5. The van der Waals surface area contributed by atoms with Gasteiger partial charge in [0.25, 0.3) is 5.91 Å². The summed E-state index contributed by atoms with van der Waals surface area (Å²) in [5.74, 6) is 0.459. The number of nitrogens with one attached hydrogen (secondary N) is 1. The zero-order valence-corrected chi connectivity index (χ0v) is 19.0. The largest absolute Gasteiger partial charge is 0.497 e. The summed E-state index contributed by atoms with van der Waals surface area (Å²) in [6.45, 7) is 0.428. The van der Waals surface area contributed by atoms with Gasteiger partial charge in [0.05, 0.1) is 32.5 Å². The predicted molar refractivity (Wildman–Crippen MR) is 128 cm³/mol. The number of hydrogen-bond donors (Lipinski definition) is 1. The number of aromatic nitrogens is 5. The number of amides is 1. The van der Waals surface area contributed by atoms with Crippen molar-refractivity contribution in [2.45, 2.75) is 6.54 Å². The van der Waals surface area contributed by atoms with Crippen molar-refractivity contribution in [3.63, 3.8) is 0 Å². The molecule has 0 aliphatic heterocycles. The van der Waals surface area contributed by atoms with Gasteiger partial charge in [-0.05, 0) is 42.5 Å². The highest BCUT2D eigenvalue weighted by atomic mass is 19.1. The minimum Gasteiger partial charge on any atom is -0.497 e. The highest BCUT2D eigenvalue weighted by Gasteiger charge is 2.14. The van der Waals surface area contributed by atoms with Crippen molar-refractivity contribution >= 4 is 22.6 Å². The van der Waals surface area contributed by atoms with E-state index in [-0.39, 0.29) is 5.69 Å². The average molecular weight is 472 g/mol. The molecule has 2 aromatic carbocycles. The molecule has 0 radical (unpaired) electrons. The molecule has 35 heavy (non-hydrogen) atoms. The first kappa shape index (κ1) is 22.1.